The molecule has 0 nitrogen and oxygen atoms in total. The van der Waals surface area contributed by atoms with E-state index in [9.17, 15) is 0 Å². The zero-order valence-electron chi connectivity index (χ0n) is 8.80. The van der Waals surface area contributed by atoms with Crippen molar-refractivity contribution in [3.63, 3.8) is 0 Å². The Balaban J connectivity index is 2.39. The summed E-state index contributed by atoms with van der Waals surface area (Å²) in [7, 11) is 0. The van der Waals surface area contributed by atoms with Gasteiger partial charge in [0.1, 0.15) is 0 Å². The summed E-state index contributed by atoms with van der Waals surface area (Å²) in [5.41, 5.74) is 4.60. The van der Waals surface area contributed by atoms with Gasteiger partial charge in [-0.15, -0.1) is 0 Å². The average Bonchev–Trinajstić information content (AvgIpc) is 2.44. The molecule has 0 aliphatic heterocycles. The maximum Gasteiger partial charge on any atom is -0.0156 e. The fraction of sp³-hybridized carbons (Fsp3) is 0.538. The van der Waals surface area contributed by atoms with Crippen LogP contribution in [0.5, 0.6) is 0 Å². The van der Waals surface area contributed by atoms with Crippen molar-refractivity contribution in [1.82, 2.24) is 0 Å². The van der Waals surface area contributed by atoms with E-state index in [1.54, 1.807) is 11.1 Å². The Morgan fingerprint density at radius 3 is 2.85 bits per heavy atom. The SMILES string of the molecule is CC[C@H]1Cc2ccc(C)cc2[C@@H]1C. The molecule has 1 aliphatic carbocycles. The molecule has 2 rings (SSSR count). The zero-order chi connectivity index (χ0) is 9.42. The third kappa shape index (κ3) is 1.39. The molecule has 1 aliphatic rings. The van der Waals surface area contributed by atoms with E-state index in [0.29, 0.717) is 0 Å². The van der Waals surface area contributed by atoms with Crippen molar-refractivity contribution < 1.29 is 0 Å². The maximum absolute atomic E-state index is 2.37. The number of hydrogen-bond donors (Lipinski definition) is 0. The van der Waals surface area contributed by atoms with Gasteiger partial charge in [0.2, 0.25) is 0 Å². The van der Waals surface area contributed by atoms with Gasteiger partial charge in [0.25, 0.3) is 0 Å². The van der Waals surface area contributed by atoms with E-state index in [4.69, 9.17) is 0 Å². The molecule has 0 radical (unpaired) electrons. The lowest BCUT2D eigenvalue weighted by atomic mass is 9.92. The lowest BCUT2D eigenvalue weighted by molar-refractivity contribution is 0.468. The van der Waals surface area contributed by atoms with Crippen LogP contribution in [0.3, 0.4) is 0 Å². The molecule has 0 unspecified atom stereocenters. The molecule has 70 valence electrons. The first-order chi connectivity index (χ1) is 6.22. The van der Waals surface area contributed by atoms with Gasteiger partial charge in [0.15, 0.2) is 0 Å². The molecule has 0 saturated heterocycles. The molecule has 0 N–H and O–H groups in total. The highest BCUT2D eigenvalue weighted by atomic mass is 14.3. The van der Waals surface area contributed by atoms with Gasteiger partial charge >= 0.3 is 0 Å². The van der Waals surface area contributed by atoms with E-state index >= 15 is 0 Å². The highest BCUT2D eigenvalue weighted by molar-refractivity contribution is 5.38. The summed E-state index contributed by atoms with van der Waals surface area (Å²) in [6.45, 7) is 6.87. The van der Waals surface area contributed by atoms with E-state index in [1.807, 2.05) is 0 Å². The summed E-state index contributed by atoms with van der Waals surface area (Å²) in [6, 6.07) is 6.93. The van der Waals surface area contributed by atoms with Gasteiger partial charge in [-0.25, -0.2) is 0 Å². The summed E-state index contributed by atoms with van der Waals surface area (Å²) in [4.78, 5) is 0. The molecular formula is C13H18. The van der Waals surface area contributed by atoms with Gasteiger partial charge in [-0.1, -0.05) is 44.0 Å². The highest BCUT2D eigenvalue weighted by Gasteiger charge is 2.27. The summed E-state index contributed by atoms with van der Waals surface area (Å²) in [5, 5.41) is 0. The minimum atomic E-state index is 0.778. The molecular weight excluding hydrogens is 156 g/mol. The number of fused-ring (bicyclic) bond motifs is 1. The zero-order valence-corrected chi connectivity index (χ0v) is 8.80. The van der Waals surface area contributed by atoms with Crippen molar-refractivity contribution in [1.29, 1.82) is 0 Å². The van der Waals surface area contributed by atoms with Crippen molar-refractivity contribution in [2.45, 2.75) is 39.5 Å². The second kappa shape index (κ2) is 3.17. The van der Waals surface area contributed by atoms with Gasteiger partial charge in [-0.2, -0.15) is 0 Å². The first-order valence-electron chi connectivity index (χ1n) is 5.31. The smallest absolute Gasteiger partial charge is 0.0156 e. The molecule has 0 aromatic heterocycles. The topological polar surface area (TPSA) is 0 Å². The van der Waals surface area contributed by atoms with Crippen LogP contribution >= 0.6 is 0 Å². The summed E-state index contributed by atoms with van der Waals surface area (Å²) >= 11 is 0. The van der Waals surface area contributed by atoms with Crippen LogP contribution in [0, 0.1) is 12.8 Å². The van der Waals surface area contributed by atoms with Crippen molar-refractivity contribution in [2.24, 2.45) is 5.92 Å². The van der Waals surface area contributed by atoms with Crippen molar-refractivity contribution in [2.75, 3.05) is 0 Å². The van der Waals surface area contributed by atoms with Crippen LogP contribution in [0.25, 0.3) is 0 Å². The van der Waals surface area contributed by atoms with Crippen LogP contribution in [-0.2, 0) is 6.42 Å². The fourth-order valence-electron chi connectivity index (χ4n) is 2.54. The summed E-state index contributed by atoms with van der Waals surface area (Å²) in [5.74, 6) is 1.66. The summed E-state index contributed by atoms with van der Waals surface area (Å²) < 4.78 is 0. The minimum Gasteiger partial charge on any atom is -0.0651 e. The minimum absolute atomic E-state index is 0.778. The molecule has 0 amide bonds. The average molecular weight is 174 g/mol. The normalized spacial score (nSPS) is 26.1. The van der Waals surface area contributed by atoms with Crippen molar-refractivity contribution in [3.8, 4) is 0 Å². The van der Waals surface area contributed by atoms with Crippen LogP contribution in [0.1, 0.15) is 42.9 Å². The molecule has 1 aromatic rings. The number of benzene rings is 1. The van der Waals surface area contributed by atoms with E-state index in [2.05, 4.69) is 39.0 Å². The number of aryl methyl sites for hydroxylation is 1. The lowest BCUT2D eigenvalue weighted by Gasteiger charge is -2.12. The molecule has 0 heterocycles. The van der Waals surface area contributed by atoms with Gasteiger partial charge < -0.3 is 0 Å². The fourth-order valence-corrected chi connectivity index (χ4v) is 2.54. The molecule has 0 bridgehead atoms. The quantitative estimate of drug-likeness (QED) is 0.609. The van der Waals surface area contributed by atoms with Crippen LogP contribution in [-0.4, -0.2) is 0 Å². The Labute approximate surface area is 81.0 Å². The molecule has 1 aromatic carbocycles. The standard InChI is InChI=1S/C13H18/c1-4-11-8-12-6-5-9(2)7-13(12)10(11)3/h5-7,10-11H,4,8H2,1-3H3/t10-,11+/m1/s1. The molecule has 0 saturated carbocycles. The lowest BCUT2D eigenvalue weighted by Crippen LogP contribution is -2.01. The second-order valence-corrected chi connectivity index (χ2v) is 4.36. The third-order valence-corrected chi connectivity index (χ3v) is 3.51. The van der Waals surface area contributed by atoms with E-state index in [0.717, 1.165) is 11.8 Å². The Kier molecular flexibility index (Phi) is 2.15. The summed E-state index contributed by atoms with van der Waals surface area (Å²) in [6.07, 6.45) is 2.61. The molecule has 0 heteroatoms. The molecule has 2 atom stereocenters. The van der Waals surface area contributed by atoms with Gasteiger partial charge in [-0.3, -0.25) is 0 Å². The van der Waals surface area contributed by atoms with Crippen LogP contribution in [0.2, 0.25) is 0 Å². The Morgan fingerprint density at radius 1 is 1.38 bits per heavy atom. The first-order valence-corrected chi connectivity index (χ1v) is 5.31. The van der Waals surface area contributed by atoms with Crippen LogP contribution < -0.4 is 0 Å². The van der Waals surface area contributed by atoms with E-state index in [-0.39, 0.29) is 0 Å². The molecule has 13 heavy (non-hydrogen) atoms. The monoisotopic (exact) mass is 174 g/mol. The largest absolute Gasteiger partial charge is 0.0651 e. The van der Waals surface area contributed by atoms with Gasteiger partial charge in [0.05, 0.1) is 0 Å². The van der Waals surface area contributed by atoms with Crippen LogP contribution in [0.15, 0.2) is 18.2 Å². The molecule has 0 fully saturated rings. The Bertz CT molecular complexity index is 312. The van der Waals surface area contributed by atoms with E-state index in [1.165, 1.54) is 18.4 Å². The number of hydrogen-bond acceptors (Lipinski definition) is 0. The van der Waals surface area contributed by atoms with Crippen LogP contribution in [0.4, 0.5) is 0 Å². The number of rotatable bonds is 1. The van der Waals surface area contributed by atoms with Gasteiger partial charge in [0, 0.05) is 0 Å². The predicted octanol–water partition coefficient (Wildman–Crippen LogP) is 3.68. The first kappa shape index (κ1) is 8.80. The maximum atomic E-state index is 2.37. The predicted molar refractivity (Wildman–Crippen MR) is 57.1 cm³/mol. The Hall–Kier alpha value is -0.780. The highest BCUT2D eigenvalue weighted by Crippen LogP contribution is 2.39. The van der Waals surface area contributed by atoms with Gasteiger partial charge in [-0.05, 0) is 36.3 Å². The van der Waals surface area contributed by atoms with Crippen molar-refractivity contribution in [3.05, 3.63) is 34.9 Å². The van der Waals surface area contributed by atoms with Crippen molar-refractivity contribution >= 4 is 0 Å². The molecule has 0 spiro atoms. The van der Waals surface area contributed by atoms with E-state index < -0.39 is 0 Å². The Morgan fingerprint density at radius 2 is 2.15 bits per heavy atom. The second-order valence-electron chi connectivity index (χ2n) is 4.36. The third-order valence-electron chi connectivity index (χ3n) is 3.51.